The van der Waals surface area contributed by atoms with Crippen molar-refractivity contribution in [3.05, 3.63) is 71.4 Å². The van der Waals surface area contributed by atoms with Crippen LogP contribution in [0.25, 0.3) is 10.9 Å². The molecule has 2 aliphatic heterocycles. The minimum atomic E-state index is -0.432. The lowest BCUT2D eigenvalue weighted by atomic mass is 9.90. The summed E-state index contributed by atoms with van der Waals surface area (Å²) in [7, 11) is 0. The average molecular weight is 472 g/mol. The van der Waals surface area contributed by atoms with Crippen molar-refractivity contribution in [3.8, 4) is 6.07 Å². The second kappa shape index (κ2) is 9.35. The van der Waals surface area contributed by atoms with E-state index in [9.17, 15) is 14.9 Å². The van der Waals surface area contributed by atoms with Crippen LogP contribution in [0.5, 0.6) is 0 Å². The molecule has 1 atom stereocenters. The number of hydrogen-bond acceptors (Lipinski definition) is 6. The Morgan fingerprint density at radius 1 is 1.18 bits per heavy atom. The number of benzene rings is 2. The van der Waals surface area contributed by atoms with Crippen LogP contribution < -0.4 is 10.2 Å². The molecule has 1 N–H and O–H groups in total. The molecule has 2 aromatic carbocycles. The number of nitrogens with zero attached hydrogens (tertiary/aromatic N) is 4. The van der Waals surface area contributed by atoms with Gasteiger partial charge in [-0.2, -0.15) is 5.26 Å². The van der Waals surface area contributed by atoms with Crippen molar-refractivity contribution < 1.29 is 9.59 Å². The van der Waals surface area contributed by atoms with Crippen LogP contribution in [-0.2, 0) is 4.79 Å². The first-order chi connectivity index (χ1) is 16.5. The molecule has 2 fully saturated rings. The third kappa shape index (κ3) is 4.31. The summed E-state index contributed by atoms with van der Waals surface area (Å²) in [6.07, 6.45) is 1.61. The second-order valence-corrected chi connectivity index (χ2v) is 9.76. The Labute approximate surface area is 202 Å². The monoisotopic (exact) mass is 471 g/mol. The number of thioether (sulfide) groups is 1. The molecule has 5 rings (SSSR count). The Hall–Kier alpha value is -3.57. The number of anilines is 1. The molecule has 0 radical (unpaired) electrons. The predicted octanol–water partition coefficient (Wildman–Crippen LogP) is 3.30. The smallest absolute Gasteiger partial charge is 0.252 e. The fraction of sp³-hybridized carbons (Fsp3) is 0.308. The van der Waals surface area contributed by atoms with Gasteiger partial charge in [-0.1, -0.05) is 29.8 Å². The number of aryl methyl sites for hydroxylation is 1. The lowest BCUT2D eigenvalue weighted by Crippen LogP contribution is -2.45. The maximum absolute atomic E-state index is 13.0. The Kier molecular flexibility index (Phi) is 6.12. The first-order valence-electron chi connectivity index (χ1n) is 11.3. The predicted molar refractivity (Wildman–Crippen MR) is 134 cm³/mol. The van der Waals surface area contributed by atoms with E-state index in [-0.39, 0.29) is 18.4 Å². The molecule has 2 amide bonds. The van der Waals surface area contributed by atoms with E-state index >= 15 is 0 Å². The quantitative estimate of drug-likeness (QED) is 0.614. The van der Waals surface area contributed by atoms with E-state index in [1.807, 2.05) is 18.2 Å². The highest BCUT2D eigenvalue weighted by Gasteiger charge is 2.30. The van der Waals surface area contributed by atoms with Gasteiger partial charge in [0, 0.05) is 42.0 Å². The molecule has 0 unspecified atom stereocenters. The number of rotatable bonds is 5. The number of aromatic nitrogens is 1. The second-order valence-electron chi connectivity index (χ2n) is 8.76. The van der Waals surface area contributed by atoms with Gasteiger partial charge in [0.25, 0.3) is 5.91 Å². The van der Waals surface area contributed by atoms with Gasteiger partial charge in [0.15, 0.2) is 0 Å². The minimum Gasteiger partial charge on any atom is -0.370 e. The summed E-state index contributed by atoms with van der Waals surface area (Å²) in [6.45, 7) is 3.82. The molecule has 1 aromatic heterocycles. The van der Waals surface area contributed by atoms with E-state index in [0.29, 0.717) is 23.1 Å². The van der Waals surface area contributed by atoms with Gasteiger partial charge in [0.05, 0.1) is 29.6 Å². The Balaban J connectivity index is 1.28. The largest absolute Gasteiger partial charge is 0.370 e. The van der Waals surface area contributed by atoms with Crippen LogP contribution in [0.3, 0.4) is 0 Å². The number of nitriles is 1. The average Bonchev–Trinajstić information content (AvgIpc) is 3.31. The van der Waals surface area contributed by atoms with Gasteiger partial charge in [0.2, 0.25) is 5.91 Å². The van der Waals surface area contributed by atoms with Gasteiger partial charge in [-0.25, -0.2) is 0 Å². The molecule has 0 spiro atoms. The third-order valence-corrected chi connectivity index (χ3v) is 7.53. The van der Waals surface area contributed by atoms with E-state index in [0.717, 1.165) is 29.7 Å². The molecule has 34 heavy (non-hydrogen) atoms. The molecule has 2 aliphatic rings. The summed E-state index contributed by atoms with van der Waals surface area (Å²) < 4.78 is 0. The molecule has 0 saturated carbocycles. The zero-order valence-corrected chi connectivity index (χ0v) is 19.7. The maximum Gasteiger partial charge on any atom is 0.252 e. The van der Waals surface area contributed by atoms with Crippen molar-refractivity contribution in [2.45, 2.75) is 18.9 Å². The fourth-order valence-corrected chi connectivity index (χ4v) is 5.52. The summed E-state index contributed by atoms with van der Waals surface area (Å²) in [5, 5.41) is 12.7. The Morgan fingerprint density at radius 3 is 2.74 bits per heavy atom. The van der Waals surface area contributed by atoms with Crippen molar-refractivity contribution in [2.24, 2.45) is 0 Å². The number of fused-ring (bicyclic) bond motifs is 1. The van der Waals surface area contributed by atoms with Gasteiger partial charge < -0.3 is 15.1 Å². The highest BCUT2D eigenvalue weighted by molar-refractivity contribution is 7.99. The van der Waals surface area contributed by atoms with Crippen molar-refractivity contribution in [1.82, 2.24) is 15.2 Å². The summed E-state index contributed by atoms with van der Waals surface area (Å²) in [5.41, 5.74) is 4.89. The van der Waals surface area contributed by atoms with Crippen LogP contribution in [0.1, 0.15) is 27.4 Å². The zero-order chi connectivity index (χ0) is 23.7. The molecule has 0 aliphatic carbocycles. The number of nitrogens with one attached hydrogen (secondary N) is 1. The zero-order valence-electron chi connectivity index (χ0n) is 18.9. The molecular formula is C26H25N5O2S. The summed E-state index contributed by atoms with van der Waals surface area (Å²) in [6, 6.07) is 18.1. The number of amides is 2. The minimum absolute atomic E-state index is 0.133. The van der Waals surface area contributed by atoms with Crippen molar-refractivity contribution >= 4 is 40.2 Å². The van der Waals surface area contributed by atoms with Crippen LogP contribution in [0.2, 0.25) is 0 Å². The first kappa shape index (κ1) is 22.2. The summed E-state index contributed by atoms with van der Waals surface area (Å²) >= 11 is 1.54. The van der Waals surface area contributed by atoms with Crippen LogP contribution in [-0.4, -0.2) is 59.0 Å². The fourth-order valence-electron chi connectivity index (χ4n) is 4.42. The molecule has 0 bridgehead atoms. The number of hydrogen-bond donors (Lipinski definition) is 1. The van der Waals surface area contributed by atoms with Crippen LogP contribution >= 0.6 is 11.8 Å². The van der Waals surface area contributed by atoms with Crippen LogP contribution in [0.4, 0.5) is 5.69 Å². The molecule has 3 aromatic rings. The SMILES string of the molecule is Cc1ccc(C2CN(c3ccc4nccc(C(=O)NCC(=O)N5CSC[C@H]5C#N)c4c3)C2)cc1. The number of carbonyl (C=O) groups excluding carboxylic acids is 2. The van der Waals surface area contributed by atoms with E-state index < -0.39 is 6.04 Å². The van der Waals surface area contributed by atoms with Crippen LogP contribution in [0.15, 0.2) is 54.7 Å². The standard InChI is InChI=1S/C26H25N5O2S/c1-17-2-4-18(5-3-17)19-13-30(14-19)20-6-7-24-23(10-20)22(8-9-28-24)26(33)29-12-25(32)31-16-34-15-21(31)11-27/h2-10,19,21H,12-16H2,1H3,(H,29,33)/t21-/m1/s1. The Morgan fingerprint density at radius 2 is 1.97 bits per heavy atom. The van der Waals surface area contributed by atoms with Gasteiger partial charge in [-0.05, 0) is 36.8 Å². The summed E-state index contributed by atoms with van der Waals surface area (Å²) in [5.74, 6) is 1.02. The molecule has 7 nitrogen and oxygen atoms in total. The maximum atomic E-state index is 13.0. The first-order valence-corrected chi connectivity index (χ1v) is 12.4. The van der Waals surface area contributed by atoms with Gasteiger partial charge >= 0.3 is 0 Å². The molecule has 2 saturated heterocycles. The van der Waals surface area contributed by atoms with E-state index in [2.05, 4.69) is 52.5 Å². The number of carbonyl (C=O) groups is 2. The molecule has 172 valence electrons. The van der Waals surface area contributed by atoms with E-state index in [1.54, 1.807) is 24.0 Å². The lowest BCUT2D eigenvalue weighted by molar-refractivity contribution is -0.129. The normalized spacial score (nSPS) is 17.9. The summed E-state index contributed by atoms with van der Waals surface area (Å²) in [4.78, 5) is 33.7. The van der Waals surface area contributed by atoms with Gasteiger partial charge in [-0.15, -0.1) is 11.8 Å². The lowest BCUT2D eigenvalue weighted by Gasteiger charge is -2.41. The van der Waals surface area contributed by atoms with Gasteiger partial charge in [-0.3, -0.25) is 14.6 Å². The van der Waals surface area contributed by atoms with Crippen molar-refractivity contribution in [2.75, 3.05) is 36.2 Å². The highest BCUT2D eigenvalue weighted by atomic mass is 32.2. The highest BCUT2D eigenvalue weighted by Crippen LogP contribution is 2.33. The van der Waals surface area contributed by atoms with Gasteiger partial charge in [0.1, 0.15) is 6.04 Å². The molecule has 8 heteroatoms. The van der Waals surface area contributed by atoms with E-state index in [4.69, 9.17) is 0 Å². The number of pyridine rings is 1. The Bertz CT molecular complexity index is 1280. The third-order valence-electron chi connectivity index (χ3n) is 6.52. The van der Waals surface area contributed by atoms with E-state index in [1.165, 1.54) is 16.0 Å². The molecular weight excluding hydrogens is 446 g/mol. The molecule has 3 heterocycles. The van der Waals surface area contributed by atoms with Crippen LogP contribution in [0, 0.1) is 18.3 Å². The topological polar surface area (TPSA) is 89.3 Å². The van der Waals surface area contributed by atoms with Crippen molar-refractivity contribution in [1.29, 1.82) is 5.26 Å². The van der Waals surface area contributed by atoms with Crippen molar-refractivity contribution in [3.63, 3.8) is 0 Å².